The van der Waals surface area contributed by atoms with Crippen LogP contribution in [0.1, 0.15) is 57.8 Å². The third kappa shape index (κ3) is 3.03. The molecule has 0 saturated heterocycles. The summed E-state index contributed by atoms with van der Waals surface area (Å²) in [6, 6.07) is 6.38. The highest BCUT2D eigenvalue weighted by Crippen LogP contribution is 2.34. The Kier molecular flexibility index (Phi) is 5.15. The molecule has 1 heterocycles. The number of halogens is 1. The number of benzene rings is 1. The van der Waals surface area contributed by atoms with Crippen molar-refractivity contribution in [2.45, 2.75) is 52.0 Å². The average Bonchev–Trinajstić information content (AvgIpc) is 2.86. The predicted molar refractivity (Wildman–Crippen MR) is 89.3 cm³/mol. The normalized spacial score (nSPS) is 14.6. The van der Waals surface area contributed by atoms with E-state index in [1.54, 1.807) is 7.11 Å². The van der Waals surface area contributed by atoms with Gasteiger partial charge in [0.2, 0.25) is 0 Å². The summed E-state index contributed by atoms with van der Waals surface area (Å²) in [5, 5.41) is -0.111. The molecule has 21 heavy (non-hydrogen) atoms. The van der Waals surface area contributed by atoms with Crippen molar-refractivity contribution >= 4 is 22.6 Å². The van der Waals surface area contributed by atoms with Crippen molar-refractivity contribution in [3.8, 4) is 5.75 Å². The Labute approximate surface area is 132 Å². The van der Waals surface area contributed by atoms with Crippen LogP contribution in [0.3, 0.4) is 0 Å². The molecule has 2 atom stereocenters. The molecule has 2 unspecified atom stereocenters. The number of hydrogen-bond donors (Lipinski definition) is 0. The Morgan fingerprint density at radius 2 is 1.90 bits per heavy atom. The molecule has 0 aliphatic rings. The minimum absolute atomic E-state index is 0.111. The van der Waals surface area contributed by atoms with Crippen molar-refractivity contribution < 1.29 is 4.74 Å². The third-order valence-electron chi connectivity index (χ3n) is 4.42. The first kappa shape index (κ1) is 16.2. The number of rotatable bonds is 6. The molecule has 0 bridgehead atoms. The fourth-order valence-corrected chi connectivity index (χ4v) is 3.26. The second-order valence-corrected chi connectivity index (χ2v) is 6.28. The maximum atomic E-state index is 6.37. The van der Waals surface area contributed by atoms with Gasteiger partial charge in [-0.25, -0.2) is 4.98 Å². The van der Waals surface area contributed by atoms with Crippen molar-refractivity contribution in [1.82, 2.24) is 9.55 Å². The molecule has 1 aromatic carbocycles. The van der Waals surface area contributed by atoms with E-state index in [-0.39, 0.29) is 5.38 Å². The highest BCUT2D eigenvalue weighted by molar-refractivity contribution is 6.20. The Hall–Kier alpha value is -1.22. The van der Waals surface area contributed by atoms with E-state index in [4.69, 9.17) is 21.3 Å². The van der Waals surface area contributed by atoms with Gasteiger partial charge >= 0.3 is 0 Å². The van der Waals surface area contributed by atoms with E-state index < -0.39 is 0 Å². The molecule has 0 aliphatic heterocycles. The van der Waals surface area contributed by atoms with Crippen LogP contribution in [-0.4, -0.2) is 16.7 Å². The first-order chi connectivity index (χ1) is 10.0. The van der Waals surface area contributed by atoms with Gasteiger partial charge in [-0.3, -0.25) is 0 Å². The second kappa shape index (κ2) is 6.69. The van der Waals surface area contributed by atoms with Gasteiger partial charge in [-0.1, -0.05) is 26.7 Å². The lowest BCUT2D eigenvalue weighted by Crippen LogP contribution is -2.18. The SMILES string of the molecule is CCC(CC)C(C)n1c(C(C)Cl)nc2ccc(OC)cc21. The lowest BCUT2D eigenvalue weighted by molar-refractivity contribution is 0.332. The number of nitrogens with zero attached hydrogens (tertiary/aromatic N) is 2. The first-order valence-electron chi connectivity index (χ1n) is 7.73. The van der Waals surface area contributed by atoms with E-state index in [2.05, 4.69) is 31.4 Å². The average molecular weight is 309 g/mol. The minimum Gasteiger partial charge on any atom is -0.497 e. The van der Waals surface area contributed by atoms with Gasteiger partial charge in [0.05, 0.1) is 23.5 Å². The Morgan fingerprint density at radius 3 is 2.43 bits per heavy atom. The molecule has 116 valence electrons. The van der Waals surface area contributed by atoms with Crippen molar-refractivity contribution in [2.24, 2.45) is 5.92 Å². The summed E-state index contributed by atoms with van der Waals surface area (Å²) < 4.78 is 7.66. The zero-order valence-corrected chi connectivity index (χ0v) is 14.3. The van der Waals surface area contributed by atoms with E-state index in [0.717, 1.165) is 35.4 Å². The molecule has 0 amide bonds. The Morgan fingerprint density at radius 1 is 1.24 bits per heavy atom. The number of methoxy groups -OCH3 is 1. The highest BCUT2D eigenvalue weighted by atomic mass is 35.5. The van der Waals surface area contributed by atoms with Crippen LogP contribution in [0, 0.1) is 5.92 Å². The highest BCUT2D eigenvalue weighted by Gasteiger charge is 2.23. The van der Waals surface area contributed by atoms with Gasteiger partial charge in [0, 0.05) is 12.1 Å². The summed E-state index contributed by atoms with van der Waals surface area (Å²) in [4.78, 5) is 4.74. The standard InChI is InChI=1S/C17H25ClN2O/c1-6-13(7-2)12(4)20-16-10-14(21-5)8-9-15(16)19-17(20)11(3)18/h8-13H,6-7H2,1-5H3. The van der Waals surface area contributed by atoms with Crippen molar-refractivity contribution in [2.75, 3.05) is 7.11 Å². The topological polar surface area (TPSA) is 27.1 Å². The molecule has 0 N–H and O–H groups in total. The van der Waals surface area contributed by atoms with Gasteiger partial charge in [0.1, 0.15) is 11.6 Å². The molecule has 4 heteroatoms. The maximum absolute atomic E-state index is 6.37. The Balaban J connectivity index is 2.64. The molecular weight excluding hydrogens is 284 g/mol. The quantitative estimate of drug-likeness (QED) is 0.673. The van der Waals surface area contributed by atoms with Crippen LogP contribution in [0.25, 0.3) is 11.0 Å². The summed E-state index contributed by atoms with van der Waals surface area (Å²) >= 11 is 6.37. The second-order valence-electron chi connectivity index (χ2n) is 5.63. The fraction of sp³-hybridized carbons (Fsp3) is 0.588. The van der Waals surface area contributed by atoms with Gasteiger partial charge in [-0.2, -0.15) is 0 Å². The van der Waals surface area contributed by atoms with Crippen LogP contribution in [-0.2, 0) is 0 Å². The summed E-state index contributed by atoms with van der Waals surface area (Å²) in [7, 11) is 1.69. The van der Waals surface area contributed by atoms with Crippen molar-refractivity contribution in [3.63, 3.8) is 0 Å². The van der Waals surface area contributed by atoms with Gasteiger partial charge < -0.3 is 9.30 Å². The van der Waals surface area contributed by atoms with E-state index in [0.29, 0.717) is 12.0 Å². The third-order valence-corrected chi connectivity index (χ3v) is 4.61. The molecule has 0 saturated carbocycles. The Bertz CT molecular complexity index is 602. The van der Waals surface area contributed by atoms with E-state index in [1.807, 2.05) is 19.1 Å². The molecular formula is C17H25ClN2O. The monoisotopic (exact) mass is 308 g/mol. The largest absolute Gasteiger partial charge is 0.497 e. The van der Waals surface area contributed by atoms with Crippen molar-refractivity contribution in [3.05, 3.63) is 24.0 Å². The van der Waals surface area contributed by atoms with Crippen LogP contribution in [0.4, 0.5) is 0 Å². The smallest absolute Gasteiger partial charge is 0.127 e. The van der Waals surface area contributed by atoms with Crippen LogP contribution in [0.15, 0.2) is 18.2 Å². The van der Waals surface area contributed by atoms with Gasteiger partial charge in [-0.05, 0) is 31.9 Å². The molecule has 2 aromatic rings. The number of fused-ring (bicyclic) bond motifs is 1. The molecule has 0 fully saturated rings. The van der Waals surface area contributed by atoms with Crippen LogP contribution >= 0.6 is 11.6 Å². The lowest BCUT2D eigenvalue weighted by atomic mass is 9.95. The van der Waals surface area contributed by atoms with Crippen LogP contribution < -0.4 is 4.74 Å². The van der Waals surface area contributed by atoms with Gasteiger partial charge in [0.25, 0.3) is 0 Å². The van der Waals surface area contributed by atoms with Crippen LogP contribution in [0.5, 0.6) is 5.75 Å². The molecule has 0 radical (unpaired) electrons. The summed E-state index contributed by atoms with van der Waals surface area (Å²) in [6.07, 6.45) is 2.30. The fourth-order valence-electron chi connectivity index (χ4n) is 3.11. The minimum atomic E-state index is -0.111. The number of hydrogen-bond acceptors (Lipinski definition) is 2. The van der Waals surface area contributed by atoms with Crippen molar-refractivity contribution in [1.29, 1.82) is 0 Å². The lowest BCUT2D eigenvalue weighted by Gasteiger charge is -2.26. The maximum Gasteiger partial charge on any atom is 0.127 e. The van der Waals surface area contributed by atoms with Crippen LogP contribution in [0.2, 0.25) is 0 Å². The zero-order valence-electron chi connectivity index (χ0n) is 13.6. The number of aromatic nitrogens is 2. The summed E-state index contributed by atoms with van der Waals surface area (Å²) in [5.41, 5.74) is 2.09. The number of imidazole rings is 1. The summed E-state index contributed by atoms with van der Waals surface area (Å²) in [6.45, 7) is 8.74. The predicted octanol–water partition coefficient (Wildman–Crippen LogP) is 5.34. The van der Waals surface area contributed by atoms with E-state index in [9.17, 15) is 0 Å². The number of ether oxygens (including phenoxy) is 1. The molecule has 0 spiro atoms. The zero-order chi connectivity index (χ0) is 15.6. The van der Waals surface area contributed by atoms with Gasteiger partial charge in [0.15, 0.2) is 0 Å². The van der Waals surface area contributed by atoms with Gasteiger partial charge in [-0.15, -0.1) is 11.6 Å². The summed E-state index contributed by atoms with van der Waals surface area (Å²) in [5.74, 6) is 2.41. The molecule has 0 aliphatic carbocycles. The first-order valence-corrected chi connectivity index (χ1v) is 8.17. The molecule has 2 rings (SSSR count). The number of alkyl halides is 1. The van der Waals surface area contributed by atoms with E-state index >= 15 is 0 Å². The van der Waals surface area contributed by atoms with E-state index in [1.165, 1.54) is 0 Å². The molecule has 3 nitrogen and oxygen atoms in total. The molecule has 1 aromatic heterocycles.